The van der Waals surface area contributed by atoms with E-state index in [9.17, 15) is 4.79 Å². The van der Waals surface area contributed by atoms with Gasteiger partial charge in [-0.3, -0.25) is 4.79 Å². The summed E-state index contributed by atoms with van der Waals surface area (Å²) in [5.41, 5.74) is 1.54. The van der Waals surface area contributed by atoms with Crippen molar-refractivity contribution >= 4 is 24.0 Å². The largest absolute Gasteiger partial charge is 0.496 e. The number of aldehydes is 1. The van der Waals surface area contributed by atoms with Crippen molar-refractivity contribution in [2.45, 2.75) is 5.00 Å². The molecule has 0 aromatic heterocycles. The van der Waals surface area contributed by atoms with Gasteiger partial charge in [0.2, 0.25) is 0 Å². The smallest absolute Gasteiger partial charge is 0.194 e. The third kappa shape index (κ3) is 1.49. The van der Waals surface area contributed by atoms with Gasteiger partial charge in [-0.1, -0.05) is 23.7 Å². The van der Waals surface area contributed by atoms with E-state index in [1.54, 1.807) is 25.4 Å². The van der Waals surface area contributed by atoms with Gasteiger partial charge in [0.05, 0.1) is 7.11 Å². The zero-order valence-electron chi connectivity index (χ0n) is 8.16. The zero-order chi connectivity index (χ0) is 10.9. The number of carbonyl (C=O) groups excluding carboxylic acids is 1. The molecule has 1 heterocycles. The molecule has 1 N–H and O–H groups in total. The van der Waals surface area contributed by atoms with Crippen LogP contribution in [0.15, 0.2) is 24.4 Å². The Labute approximate surface area is 92.7 Å². The highest BCUT2D eigenvalue weighted by atomic mass is 35.5. The molecular formula is C11H10ClNO2. The summed E-state index contributed by atoms with van der Waals surface area (Å²) in [6.45, 7) is 0. The summed E-state index contributed by atoms with van der Waals surface area (Å²) in [5.74, 6) is 0.706. The number of benzene rings is 1. The van der Waals surface area contributed by atoms with E-state index in [1.165, 1.54) is 0 Å². The number of fused-ring (bicyclic) bond motifs is 1. The van der Waals surface area contributed by atoms with Crippen LogP contribution in [0.25, 0.3) is 6.08 Å². The fourth-order valence-electron chi connectivity index (χ4n) is 1.63. The minimum absolute atomic E-state index is 0.677. The lowest BCUT2D eigenvalue weighted by Crippen LogP contribution is -2.37. The molecule has 0 saturated carbocycles. The Morgan fingerprint density at radius 1 is 1.53 bits per heavy atom. The molecule has 2 rings (SSSR count). The Bertz CT molecular complexity index is 431. The van der Waals surface area contributed by atoms with Gasteiger partial charge >= 0.3 is 0 Å². The minimum atomic E-state index is -1.18. The molecule has 0 spiro atoms. The summed E-state index contributed by atoms with van der Waals surface area (Å²) in [5, 5.41) is 2.81. The van der Waals surface area contributed by atoms with E-state index in [1.807, 2.05) is 12.1 Å². The van der Waals surface area contributed by atoms with Crippen LogP contribution in [0.4, 0.5) is 0 Å². The number of hydrogen-bond donors (Lipinski definition) is 1. The number of methoxy groups -OCH3 is 1. The number of alkyl halides is 1. The third-order valence-electron chi connectivity index (χ3n) is 2.38. The number of halogens is 1. The van der Waals surface area contributed by atoms with Crippen molar-refractivity contribution in [2.24, 2.45) is 0 Å². The number of ether oxygens (including phenoxy) is 1. The number of rotatable bonds is 2. The van der Waals surface area contributed by atoms with Gasteiger partial charge in [0.25, 0.3) is 0 Å². The molecule has 1 aliphatic rings. The first-order chi connectivity index (χ1) is 7.21. The van der Waals surface area contributed by atoms with Gasteiger partial charge in [0, 0.05) is 11.1 Å². The molecule has 0 amide bonds. The lowest BCUT2D eigenvalue weighted by molar-refractivity contribution is -0.110. The summed E-state index contributed by atoms with van der Waals surface area (Å²) in [6.07, 6.45) is 4.15. The van der Waals surface area contributed by atoms with Crippen molar-refractivity contribution in [1.82, 2.24) is 5.32 Å². The second kappa shape index (κ2) is 3.59. The lowest BCUT2D eigenvalue weighted by atomic mass is 9.97. The Morgan fingerprint density at radius 2 is 2.33 bits per heavy atom. The van der Waals surface area contributed by atoms with Crippen molar-refractivity contribution in [3.05, 3.63) is 35.5 Å². The Kier molecular flexibility index (Phi) is 2.40. The zero-order valence-corrected chi connectivity index (χ0v) is 8.91. The van der Waals surface area contributed by atoms with Gasteiger partial charge in [-0.2, -0.15) is 0 Å². The Balaban J connectivity index is 2.64. The van der Waals surface area contributed by atoms with Crippen LogP contribution in [-0.4, -0.2) is 13.4 Å². The van der Waals surface area contributed by atoms with Gasteiger partial charge < -0.3 is 10.1 Å². The van der Waals surface area contributed by atoms with E-state index < -0.39 is 5.00 Å². The Morgan fingerprint density at radius 3 is 3.00 bits per heavy atom. The van der Waals surface area contributed by atoms with E-state index in [4.69, 9.17) is 16.3 Å². The normalized spacial score (nSPS) is 22.8. The maximum atomic E-state index is 11.0. The molecule has 0 bridgehead atoms. The summed E-state index contributed by atoms with van der Waals surface area (Å²) in [4.78, 5) is 9.79. The molecule has 1 atom stereocenters. The third-order valence-corrected chi connectivity index (χ3v) is 2.79. The van der Waals surface area contributed by atoms with E-state index >= 15 is 0 Å². The summed E-state index contributed by atoms with van der Waals surface area (Å²) >= 11 is 6.13. The van der Waals surface area contributed by atoms with Crippen molar-refractivity contribution < 1.29 is 9.53 Å². The first-order valence-corrected chi connectivity index (χ1v) is 4.86. The van der Waals surface area contributed by atoms with Gasteiger partial charge in [-0.05, 0) is 18.3 Å². The Hall–Kier alpha value is -1.48. The molecule has 78 valence electrons. The van der Waals surface area contributed by atoms with Crippen LogP contribution in [0.5, 0.6) is 5.75 Å². The van der Waals surface area contributed by atoms with Gasteiger partial charge in [0.1, 0.15) is 5.75 Å². The van der Waals surface area contributed by atoms with E-state index in [0.29, 0.717) is 17.6 Å². The van der Waals surface area contributed by atoms with Gasteiger partial charge in [-0.25, -0.2) is 0 Å². The minimum Gasteiger partial charge on any atom is -0.496 e. The highest BCUT2D eigenvalue weighted by Crippen LogP contribution is 2.35. The van der Waals surface area contributed by atoms with Crippen LogP contribution in [-0.2, 0) is 9.79 Å². The molecule has 1 unspecified atom stereocenters. The second-order valence-corrected chi connectivity index (χ2v) is 3.82. The standard InChI is InChI=1S/C11H10ClNO2/c1-15-10-4-2-3-9-8(10)5-6-13-11(9,12)7-14/h2-7,13H,1H3. The van der Waals surface area contributed by atoms with E-state index in [2.05, 4.69) is 5.32 Å². The van der Waals surface area contributed by atoms with E-state index in [0.717, 1.165) is 5.56 Å². The maximum Gasteiger partial charge on any atom is 0.194 e. The van der Waals surface area contributed by atoms with Crippen molar-refractivity contribution in [1.29, 1.82) is 0 Å². The molecule has 4 heteroatoms. The topological polar surface area (TPSA) is 38.3 Å². The predicted molar refractivity (Wildman–Crippen MR) is 58.8 cm³/mol. The summed E-state index contributed by atoms with van der Waals surface area (Å²) in [7, 11) is 1.59. The molecule has 3 nitrogen and oxygen atoms in total. The number of hydrogen-bond acceptors (Lipinski definition) is 3. The first kappa shape index (κ1) is 10.1. The molecular weight excluding hydrogens is 214 g/mol. The molecule has 15 heavy (non-hydrogen) atoms. The molecule has 1 aromatic rings. The highest BCUT2D eigenvalue weighted by molar-refractivity contribution is 6.31. The average Bonchev–Trinajstić information content (AvgIpc) is 2.29. The van der Waals surface area contributed by atoms with Crippen molar-refractivity contribution in [3.63, 3.8) is 0 Å². The van der Waals surface area contributed by atoms with Crippen LogP contribution in [0.3, 0.4) is 0 Å². The predicted octanol–water partition coefficient (Wildman–Crippen LogP) is 1.86. The molecule has 0 radical (unpaired) electrons. The number of carbonyl (C=O) groups is 1. The van der Waals surface area contributed by atoms with Crippen molar-refractivity contribution in [3.8, 4) is 5.75 Å². The fraction of sp³-hybridized carbons (Fsp3) is 0.182. The monoisotopic (exact) mass is 223 g/mol. The maximum absolute atomic E-state index is 11.0. The van der Waals surface area contributed by atoms with Gasteiger partial charge in [-0.15, -0.1) is 0 Å². The van der Waals surface area contributed by atoms with Crippen LogP contribution >= 0.6 is 11.6 Å². The van der Waals surface area contributed by atoms with Crippen molar-refractivity contribution in [2.75, 3.05) is 7.11 Å². The molecule has 1 aliphatic heterocycles. The molecule has 1 aromatic carbocycles. The second-order valence-electron chi connectivity index (χ2n) is 3.23. The summed E-state index contributed by atoms with van der Waals surface area (Å²) in [6, 6.07) is 5.44. The van der Waals surface area contributed by atoms with Crippen LogP contribution in [0, 0.1) is 0 Å². The molecule has 0 aliphatic carbocycles. The van der Waals surface area contributed by atoms with Gasteiger partial charge in [0.15, 0.2) is 11.3 Å². The SMILES string of the molecule is COc1cccc2c1C=CNC2(Cl)C=O. The van der Waals surface area contributed by atoms with Crippen LogP contribution < -0.4 is 10.1 Å². The number of nitrogens with one attached hydrogen (secondary N) is 1. The summed E-state index contributed by atoms with van der Waals surface area (Å²) < 4.78 is 5.20. The molecule has 0 saturated heterocycles. The van der Waals surface area contributed by atoms with Crippen LogP contribution in [0.2, 0.25) is 0 Å². The quantitative estimate of drug-likeness (QED) is 0.473. The highest BCUT2D eigenvalue weighted by Gasteiger charge is 2.33. The van der Waals surface area contributed by atoms with E-state index in [-0.39, 0.29) is 0 Å². The average molecular weight is 224 g/mol. The van der Waals surface area contributed by atoms with Crippen LogP contribution in [0.1, 0.15) is 11.1 Å². The first-order valence-electron chi connectivity index (χ1n) is 4.48. The lowest BCUT2D eigenvalue weighted by Gasteiger charge is -2.27. The fourth-order valence-corrected chi connectivity index (χ4v) is 1.86. The molecule has 0 fully saturated rings.